The van der Waals surface area contributed by atoms with Crippen molar-refractivity contribution in [3.8, 4) is 0 Å². The maximum Gasteiger partial charge on any atom is 0.230 e. The van der Waals surface area contributed by atoms with Gasteiger partial charge in [0, 0.05) is 18.6 Å². The van der Waals surface area contributed by atoms with Gasteiger partial charge in [0.2, 0.25) is 5.91 Å². The van der Waals surface area contributed by atoms with E-state index in [1.165, 1.54) is 25.8 Å². The second-order valence-corrected chi connectivity index (χ2v) is 6.22. The van der Waals surface area contributed by atoms with E-state index >= 15 is 0 Å². The summed E-state index contributed by atoms with van der Waals surface area (Å²) < 4.78 is 0. The molecule has 108 valence electrons. The van der Waals surface area contributed by atoms with Gasteiger partial charge in [-0.15, -0.1) is 0 Å². The highest BCUT2D eigenvalue weighted by Gasteiger charge is 2.37. The van der Waals surface area contributed by atoms with Crippen LogP contribution in [0.1, 0.15) is 45.4 Å². The zero-order valence-electron chi connectivity index (χ0n) is 11.7. The summed E-state index contributed by atoms with van der Waals surface area (Å²) in [6.45, 7) is 4.35. The summed E-state index contributed by atoms with van der Waals surface area (Å²) in [7, 11) is 0. The molecule has 3 atom stereocenters. The van der Waals surface area contributed by atoms with Crippen LogP contribution in [0.3, 0.4) is 0 Å². The SMILES string of the molecule is CCCC(C(=O)NC1CCN2CCCCC12)C(N)=S. The van der Waals surface area contributed by atoms with E-state index in [9.17, 15) is 4.79 Å². The molecule has 5 heteroatoms. The zero-order chi connectivity index (χ0) is 13.8. The van der Waals surface area contributed by atoms with Crippen LogP contribution in [0.5, 0.6) is 0 Å². The fraction of sp³-hybridized carbons (Fsp3) is 0.857. The van der Waals surface area contributed by atoms with Crippen LogP contribution >= 0.6 is 12.2 Å². The minimum Gasteiger partial charge on any atom is -0.393 e. The molecule has 19 heavy (non-hydrogen) atoms. The molecule has 2 fully saturated rings. The fourth-order valence-corrected chi connectivity index (χ4v) is 3.62. The van der Waals surface area contributed by atoms with Gasteiger partial charge in [0.25, 0.3) is 0 Å². The molecule has 0 aromatic heterocycles. The molecule has 2 rings (SSSR count). The van der Waals surface area contributed by atoms with Crippen LogP contribution in [0.4, 0.5) is 0 Å². The first-order valence-corrected chi connectivity index (χ1v) is 7.88. The summed E-state index contributed by atoms with van der Waals surface area (Å²) in [4.78, 5) is 15.2. The lowest BCUT2D eigenvalue weighted by atomic mass is 9.97. The van der Waals surface area contributed by atoms with E-state index in [1.807, 2.05) is 0 Å². The molecule has 4 nitrogen and oxygen atoms in total. The van der Waals surface area contributed by atoms with Gasteiger partial charge < -0.3 is 11.1 Å². The van der Waals surface area contributed by atoms with Gasteiger partial charge in [-0.05, 0) is 32.2 Å². The molecule has 0 radical (unpaired) electrons. The van der Waals surface area contributed by atoms with Crippen molar-refractivity contribution >= 4 is 23.1 Å². The molecule has 0 saturated carbocycles. The number of nitrogens with two attached hydrogens (primary N) is 1. The van der Waals surface area contributed by atoms with E-state index in [0.717, 1.165) is 25.8 Å². The van der Waals surface area contributed by atoms with Crippen molar-refractivity contribution in [1.29, 1.82) is 0 Å². The number of nitrogens with zero attached hydrogens (tertiary/aromatic N) is 1. The lowest BCUT2D eigenvalue weighted by Gasteiger charge is -2.33. The van der Waals surface area contributed by atoms with Crippen molar-refractivity contribution in [3.05, 3.63) is 0 Å². The molecule has 0 aromatic carbocycles. The second-order valence-electron chi connectivity index (χ2n) is 5.75. The Bertz CT molecular complexity index is 348. The van der Waals surface area contributed by atoms with E-state index in [-0.39, 0.29) is 11.8 Å². The first-order valence-electron chi connectivity index (χ1n) is 7.47. The fourth-order valence-electron chi connectivity index (χ4n) is 3.39. The summed E-state index contributed by atoms with van der Waals surface area (Å²) in [6, 6.07) is 0.827. The molecule has 2 heterocycles. The van der Waals surface area contributed by atoms with E-state index in [0.29, 0.717) is 17.1 Å². The Morgan fingerprint density at radius 3 is 2.89 bits per heavy atom. The maximum absolute atomic E-state index is 12.3. The van der Waals surface area contributed by atoms with Crippen LogP contribution in [0.15, 0.2) is 0 Å². The molecule has 0 spiro atoms. The minimum absolute atomic E-state index is 0.0340. The number of rotatable bonds is 5. The molecule has 3 unspecified atom stereocenters. The Hall–Kier alpha value is -0.680. The van der Waals surface area contributed by atoms with Crippen molar-refractivity contribution in [2.24, 2.45) is 11.7 Å². The van der Waals surface area contributed by atoms with Gasteiger partial charge in [-0.25, -0.2) is 0 Å². The quantitative estimate of drug-likeness (QED) is 0.750. The van der Waals surface area contributed by atoms with E-state index in [1.54, 1.807) is 0 Å². The van der Waals surface area contributed by atoms with Crippen LogP contribution in [-0.2, 0) is 4.79 Å². The number of carbonyl (C=O) groups is 1. The maximum atomic E-state index is 12.3. The molecule has 2 saturated heterocycles. The predicted molar refractivity (Wildman–Crippen MR) is 80.9 cm³/mol. The summed E-state index contributed by atoms with van der Waals surface area (Å²) in [5, 5.41) is 3.20. The highest BCUT2D eigenvalue weighted by atomic mass is 32.1. The Balaban J connectivity index is 1.92. The molecule has 0 aromatic rings. The molecule has 2 aliphatic rings. The predicted octanol–water partition coefficient (Wildman–Crippen LogP) is 1.43. The summed E-state index contributed by atoms with van der Waals surface area (Å²) in [5.74, 6) is -0.260. The summed E-state index contributed by atoms with van der Waals surface area (Å²) in [5.41, 5.74) is 5.69. The molecular formula is C14H25N3OS. The van der Waals surface area contributed by atoms with Crippen molar-refractivity contribution in [2.45, 2.75) is 57.5 Å². The molecule has 0 bridgehead atoms. The Kier molecular flexibility index (Phi) is 5.16. The van der Waals surface area contributed by atoms with Gasteiger partial charge >= 0.3 is 0 Å². The topological polar surface area (TPSA) is 58.4 Å². The van der Waals surface area contributed by atoms with E-state index in [4.69, 9.17) is 18.0 Å². The lowest BCUT2D eigenvalue weighted by Crippen LogP contribution is -2.49. The molecular weight excluding hydrogens is 258 g/mol. The van der Waals surface area contributed by atoms with Crippen LogP contribution < -0.4 is 11.1 Å². The molecule has 0 aliphatic carbocycles. The normalized spacial score (nSPS) is 28.7. The first kappa shape index (κ1) is 14.7. The highest BCUT2D eigenvalue weighted by molar-refractivity contribution is 7.80. The molecule has 3 N–H and O–H groups in total. The number of hydrogen-bond donors (Lipinski definition) is 2. The molecule has 2 aliphatic heterocycles. The summed E-state index contributed by atoms with van der Waals surface area (Å²) >= 11 is 5.02. The minimum atomic E-state index is -0.294. The van der Waals surface area contributed by atoms with E-state index in [2.05, 4.69) is 17.1 Å². The van der Waals surface area contributed by atoms with E-state index < -0.39 is 0 Å². The van der Waals surface area contributed by atoms with Crippen LogP contribution in [0, 0.1) is 5.92 Å². The van der Waals surface area contributed by atoms with Crippen LogP contribution in [0.2, 0.25) is 0 Å². The molecule has 1 amide bonds. The summed E-state index contributed by atoms with van der Waals surface area (Å²) in [6.07, 6.45) is 6.52. The van der Waals surface area contributed by atoms with Crippen LogP contribution in [-0.4, -0.2) is 41.0 Å². The van der Waals surface area contributed by atoms with Gasteiger partial charge in [-0.1, -0.05) is 32.0 Å². The second kappa shape index (κ2) is 6.66. The van der Waals surface area contributed by atoms with Crippen molar-refractivity contribution in [3.63, 3.8) is 0 Å². The number of nitrogens with one attached hydrogen (secondary N) is 1. The standard InChI is InChI=1S/C14H25N3OS/c1-2-5-10(13(15)19)14(18)16-11-7-9-17-8-4-3-6-12(11)17/h10-12H,2-9H2,1H3,(H2,15,19)(H,16,18). The third kappa shape index (κ3) is 3.45. The number of piperidine rings is 1. The van der Waals surface area contributed by atoms with Crippen molar-refractivity contribution in [1.82, 2.24) is 10.2 Å². The average molecular weight is 283 g/mol. The Labute approximate surface area is 121 Å². The van der Waals surface area contributed by atoms with Crippen LogP contribution in [0.25, 0.3) is 0 Å². The number of thiocarbonyl (C=S) groups is 1. The highest BCUT2D eigenvalue weighted by Crippen LogP contribution is 2.27. The van der Waals surface area contributed by atoms with Crippen molar-refractivity contribution in [2.75, 3.05) is 13.1 Å². The number of carbonyl (C=O) groups excluding carboxylic acids is 1. The Morgan fingerprint density at radius 1 is 1.42 bits per heavy atom. The van der Waals surface area contributed by atoms with Gasteiger partial charge in [-0.2, -0.15) is 0 Å². The lowest BCUT2D eigenvalue weighted by molar-refractivity contribution is -0.124. The van der Waals surface area contributed by atoms with Crippen molar-refractivity contribution < 1.29 is 4.79 Å². The van der Waals surface area contributed by atoms with Gasteiger partial charge in [0.1, 0.15) is 0 Å². The first-order chi connectivity index (χ1) is 9.13. The van der Waals surface area contributed by atoms with Gasteiger partial charge in [0.05, 0.1) is 10.9 Å². The zero-order valence-corrected chi connectivity index (χ0v) is 12.5. The number of hydrogen-bond acceptors (Lipinski definition) is 3. The smallest absolute Gasteiger partial charge is 0.230 e. The van der Waals surface area contributed by atoms with Gasteiger partial charge in [0.15, 0.2) is 0 Å². The third-order valence-corrected chi connectivity index (χ3v) is 4.71. The van der Waals surface area contributed by atoms with Gasteiger partial charge in [-0.3, -0.25) is 9.69 Å². The monoisotopic (exact) mass is 283 g/mol. The number of amides is 1. The third-order valence-electron chi connectivity index (χ3n) is 4.42. The Morgan fingerprint density at radius 2 is 2.21 bits per heavy atom. The number of fused-ring (bicyclic) bond motifs is 1. The average Bonchev–Trinajstić information content (AvgIpc) is 2.79. The largest absolute Gasteiger partial charge is 0.393 e.